The van der Waals surface area contributed by atoms with Gasteiger partial charge in [0.05, 0.1) is 5.69 Å². The average Bonchev–Trinajstić information content (AvgIpc) is 3.26. The summed E-state index contributed by atoms with van der Waals surface area (Å²) in [6.07, 6.45) is 0.562. The van der Waals surface area contributed by atoms with Gasteiger partial charge in [-0.2, -0.15) is 4.79 Å². The number of hydrogen-bond donors (Lipinski definition) is 1. The zero-order valence-corrected chi connectivity index (χ0v) is 13.4. The summed E-state index contributed by atoms with van der Waals surface area (Å²) in [6, 6.07) is 9.81. The molecule has 26 heavy (non-hydrogen) atoms. The van der Waals surface area contributed by atoms with Crippen LogP contribution >= 0.6 is 0 Å². The highest BCUT2D eigenvalue weighted by Gasteiger charge is 2.56. The first-order valence-corrected chi connectivity index (χ1v) is 7.90. The van der Waals surface area contributed by atoms with E-state index in [4.69, 9.17) is 5.11 Å². The predicted molar refractivity (Wildman–Crippen MR) is 88.9 cm³/mol. The quantitative estimate of drug-likeness (QED) is 0.666. The van der Waals surface area contributed by atoms with Crippen LogP contribution in [0, 0.1) is 10.1 Å². The molecule has 1 aliphatic heterocycles. The topological polar surface area (TPSA) is 124 Å². The van der Waals surface area contributed by atoms with E-state index in [1.807, 2.05) is 6.07 Å². The number of nitrogens with zero attached hydrogens (tertiary/aromatic N) is 3. The van der Waals surface area contributed by atoms with Gasteiger partial charge in [0.2, 0.25) is 0 Å². The number of para-hydroxylation sites is 1. The first kappa shape index (κ1) is 16.0. The fourth-order valence-corrected chi connectivity index (χ4v) is 3.96. The fraction of sp³-hybridized carbons (Fsp3) is 0.235. The zero-order chi connectivity index (χ0) is 18.5. The van der Waals surface area contributed by atoms with E-state index in [0.29, 0.717) is 16.8 Å². The number of benzene rings is 1. The molecule has 1 aliphatic carbocycles. The second-order valence-electron chi connectivity index (χ2n) is 6.18. The molecule has 0 bridgehead atoms. The number of aliphatic imine (C=N–C) groups is 1. The summed E-state index contributed by atoms with van der Waals surface area (Å²) in [5, 5.41) is 20.2. The summed E-state index contributed by atoms with van der Waals surface area (Å²) >= 11 is 0. The summed E-state index contributed by atoms with van der Waals surface area (Å²) in [5.74, 6) is -1.09. The molecule has 132 valence electrons. The van der Waals surface area contributed by atoms with Gasteiger partial charge in [-0.3, -0.25) is 9.79 Å². The van der Waals surface area contributed by atoms with E-state index < -0.39 is 28.2 Å². The van der Waals surface area contributed by atoms with E-state index in [1.54, 1.807) is 24.4 Å². The molecular weight excluding hydrogens is 342 g/mol. The van der Waals surface area contributed by atoms with Gasteiger partial charge < -0.3 is 15.2 Å². The minimum absolute atomic E-state index is 0.0538. The molecule has 2 unspecified atom stereocenters. The first-order chi connectivity index (χ1) is 12.4. The lowest BCUT2D eigenvalue weighted by Crippen LogP contribution is -2.37. The summed E-state index contributed by atoms with van der Waals surface area (Å²) in [5.41, 5.74) is 0.577. The summed E-state index contributed by atoms with van der Waals surface area (Å²) in [4.78, 5) is 43.3. The molecule has 2 atom stereocenters. The lowest BCUT2D eigenvalue weighted by Gasteiger charge is -2.26. The summed E-state index contributed by atoms with van der Waals surface area (Å²) in [6.45, 7) is 0. The van der Waals surface area contributed by atoms with E-state index in [-0.39, 0.29) is 17.9 Å². The molecule has 2 aromatic rings. The van der Waals surface area contributed by atoms with Gasteiger partial charge in [0.15, 0.2) is 5.69 Å². The Morgan fingerprint density at radius 2 is 2.12 bits per heavy atom. The highest BCUT2D eigenvalue weighted by atomic mass is 16.8. The van der Waals surface area contributed by atoms with Gasteiger partial charge in [0.1, 0.15) is 11.2 Å². The molecule has 9 nitrogen and oxygen atoms in total. The number of hydrogen-bond acceptors (Lipinski definition) is 6. The van der Waals surface area contributed by atoms with Crippen LogP contribution in [0.1, 0.15) is 30.0 Å². The van der Waals surface area contributed by atoms with Crippen molar-refractivity contribution in [3.63, 3.8) is 0 Å². The van der Waals surface area contributed by atoms with Crippen molar-refractivity contribution in [1.82, 2.24) is 4.73 Å². The van der Waals surface area contributed by atoms with Gasteiger partial charge in [0, 0.05) is 24.6 Å². The van der Waals surface area contributed by atoms with Crippen molar-refractivity contribution in [3.8, 4) is 0 Å². The van der Waals surface area contributed by atoms with Crippen molar-refractivity contribution < 1.29 is 24.5 Å². The van der Waals surface area contributed by atoms with Crippen LogP contribution < -0.4 is 4.84 Å². The Morgan fingerprint density at radius 3 is 2.85 bits per heavy atom. The van der Waals surface area contributed by atoms with E-state index in [2.05, 4.69) is 9.83 Å². The third kappa shape index (κ3) is 2.06. The van der Waals surface area contributed by atoms with Crippen molar-refractivity contribution in [2.24, 2.45) is 4.99 Å². The molecule has 4 rings (SSSR count). The number of nitro groups is 1. The number of fused-ring (bicyclic) bond motifs is 2. The van der Waals surface area contributed by atoms with Crippen molar-refractivity contribution >= 4 is 29.7 Å². The largest absolute Gasteiger partial charge is 0.549 e. The number of Topliss-reactive ketones (excluding diaryl/α,β-unsaturated/α-hetero) is 1. The molecule has 0 amide bonds. The van der Waals surface area contributed by atoms with Crippen LogP contribution in [0.2, 0.25) is 0 Å². The predicted octanol–water partition coefficient (Wildman–Crippen LogP) is 2.60. The molecule has 2 heterocycles. The van der Waals surface area contributed by atoms with Crippen LogP contribution in [0.3, 0.4) is 0 Å². The molecule has 1 fully saturated rings. The number of carboxylic acid groups (broad SMARTS) is 1. The molecule has 9 heteroatoms. The number of carbonyl (C=O) groups excluding carboxylic acids is 1. The molecule has 1 saturated carbocycles. The van der Waals surface area contributed by atoms with Gasteiger partial charge in [-0.05, 0) is 33.8 Å². The van der Waals surface area contributed by atoms with Gasteiger partial charge >= 0.3 is 12.0 Å². The number of aromatic nitrogens is 1. The van der Waals surface area contributed by atoms with Gasteiger partial charge in [-0.25, -0.2) is 4.84 Å². The Balaban J connectivity index is 1.89. The lowest BCUT2D eigenvalue weighted by atomic mass is 9.72. The molecule has 2 aliphatic rings. The average molecular weight is 355 g/mol. The summed E-state index contributed by atoms with van der Waals surface area (Å²) in [7, 11) is 0. The lowest BCUT2D eigenvalue weighted by molar-refractivity contribution is -0.396. The minimum atomic E-state index is -1.68. The first-order valence-electron chi connectivity index (χ1n) is 7.90. The van der Waals surface area contributed by atoms with Crippen LogP contribution in [0.5, 0.6) is 0 Å². The normalized spacial score (nSPS) is 23.4. The second-order valence-corrected chi connectivity index (χ2v) is 6.18. The maximum Gasteiger partial charge on any atom is 0.549 e. The van der Waals surface area contributed by atoms with Crippen LogP contribution in [0.4, 0.5) is 16.3 Å². The van der Waals surface area contributed by atoms with Crippen LogP contribution in [-0.4, -0.2) is 32.9 Å². The van der Waals surface area contributed by atoms with Crippen molar-refractivity contribution in [1.29, 1.82) is 0 Å². The Bertz CT molecular complexity index is 979. The maximum absolute atomic E-state index is 12.8. The standard InChI is InChI=1S/C17H13N3O6/c21-14-7-5-11(17(14)9-18-12-4-2-1-3-10(12)17)13-6-8-15(20(24)25)19(13)26-16(22)23/h1-4,6,8-9,11H,5,7H2,(H,22,23). The third-order valence-corrected chi connectivity index (χ3v) is 4.99. The van der Waals surface area contributed by atoms with E-state index in [0.717, 1.165) is 5.56 Å². The summed E-state index contributed by atoms with van der Waals surface area (Å²) < 4.78 is 0.683. The van der Waals surface area contributed by atoms with E-state index in [9.17, 15) is 19.7 Å². The minimum Gasteiger partial charge on any atom is -0.447 e. The third-order valence-electron chi connectivity index (χ3n) is 4.99. The zero-order valence-electron chi connectivity index (χ0n) is 13.4. The highest BCUT2D eigenvalue weighted by molar-refractivity contribution is 6.12. The highest BCUT2D eigenvalue weighted by Crippen LogP contribution is 2.53. The molecule has 1 aromatic carbocycles. The molecule has 0 saturated heterocycles. The molecule has 0 radical (unpaired) electrons. The van der Waals surface area contributed by atoms with Gasteiger partial charge in [0.25, 0.3) is 0 Å². The van der Waals surface area contributed by atoms with Gasteiger partial charge in [-0.1, -0.05) is 18.2 Å². The Kier molecular flexibility index (Phi) is 3.39. The second kappa shape index (κ2) is 5.51. The smallest absolute Gasteiger partial charge is 0.447 e. The Morgan fingerprint density at radius 1 is 1.35 bits per heavy atom. The molecule has 1 spiro atoms. The number of rotatable bonds is 3. The van der Waals surface area contributed by atoms with Crippen molar-refractivity contribution in [3.05, 3.63) is 57.8 Å². The van der Waals surface area contributed by atoms with E-state index in [1.165, 1.54) is 12.1 Å². The number of ketones is 1. The van der Waals surface area contributed by atoms with E-state index >= 15 is 0 Å². The number of carbonyl (C=O) groups is 2. The van der Waals surface area contributed by atoms with Crippen molar-refractivity contribution in [2.45, 2.75) is 24.2 Å². The van der Waals surface area contributed by atoms with Crippen molar-refractivity contribution in [2.75, 3.05) is 0 Å². The van der Waals surface area contributed by atoms with Crippen LogP contribution in [-0.2, 0) is 10.2 Å². The SMILES string of the molecule is O=C(O)On1c(C2CCC(=O)C23C=Nc2ccccc23)ccc1[N+](=O)[O-]. The Hall–Kier alpha value is -3.49. The van der Waals surface area contributed by atoms with Crippen LogP contribution in [0.25, 0.3) is 0 Å². The maximum atomic E-state index is 12.8. The molecule has 1 aromatic heterocycles. The van der Waals surface area contributed by atoms with Gasteiger partial charge in [-0.15, -0.1) is 0 Å². The monoisotopic (exact) mass is 355 g/mol. The molecule has 1 N–H and O–H groups in total. The fourth-order valence-electron chi connectivity index (χ4n) is 3.96. The molecular formula is C17H13N3O6. The van der Waals surface area contributed by atoms with Crippen LogP contribution in [0.15, 0.2) is 41.4 Å². The Labute approximate surface area is 146 Å².